The Balaban J connectivity index is 5.64. The Hall–Kier alpha value is -1.27. The van der Waals surface area contributed by atoms with E-state index in [-0.39, 0.29) is 23.1 Å². The highest BCUT2D eigenvalue weighted by molar-refractivity contribution is 5.98. The van der Waals surface area contributed by atoms with Crippen molar-refractivity contribution in [2.45, 2.75) is 83.3 Å². The number of Topliss-reactive ketones (excluding diaryl/α,β-unsaturated/α-hetero) is 2. The number of unbranched alkanes of at least 4 members (excludes halogenated alkanes) is 4. The van der Waals surface area contributed by atoms with Crippen LogP contribution in [0.5, 0.6) is 0 Å². The molecule has 0 fully saturated rings. The molecular weight excluding hydrogens is 322 g/mol. The number of aliphatic carboxylic acids is 1. The van der Waals surface area contributed by atoms with Crippen LogP contribution in [-0.4, -0.2) is 65.0 Å². The van der Waals surface area contributed by atoms with Crippen LogP contribution in [0.1, 0.15) is 71.6 Å². The fraction of sp³-hybridized carbons (Fsp3) is 0.842. The lowest BCUT2D eigenvalue weighted by Crippen LogP contribution is -2.66. The highest BCUT2D eigenvalue weighted by Crippen LogP contribution is 2.28. The molecule has 0 aliphatic rings. The van der Waals surface area contributed by atoms with Gasteiger partial charge in [-0.1, -0.05) is 39.5 Å². The number of carboxylic acids is 1. The summed E-state index contributed by atoms with van der Waals surface area (Å²) in [6.07, 6.45) is 4.46. The molecular formula is C19H36NO5+. The third-order valence-electron chi connectivity index (χ3n) is 4.47. The molecule has 0 aromatic carbocycles. The first kappa shape index (κ1) is 23.7. The van der Waals surface area contributed by atoms with Crippen LogP contribution in [0.4, 0.5) is 0 Å². The maximum Gasteiger partial charge on any atom is 0.307 e. The van der Waals surface area contributed by atoms with Gasteiger partial charge in [0.25, 0.3) is 0 Å². The first-order valence-electron chi connectivity index (χ1n) is 9.32. The molecule has 2 unspecified atom stereocenters. The Morgan fingerprint density at radius 1 is 0.920 bits per heavy atom. The number of hydrogen-bond donors (Lipinski definition) is 2. The highest BCUT2D eigenvalue weighted by atomic mass is 16.4. The molecule has 0 bridgehead atoms. The SMILES string of the molecule is CCCCCC(=O)C(C(O)(CC(=O)O)C(=O)CCCCC)[N+](C)(C)C. The van der Waals surface area contributed by atoms with Gasteiger partial charge in [0.05, 0.1) is 27.6 Å². The number of likely N-dealkylation sites (N-methyl/N-ethyl adjacent to an activating group) is 1. The van der Waals surface area contributed by atoms with Gasteiger partial charge >= 0.3 is 5.97 Å². The Morgan fingerprint density at radius 2 is 1.40 bits per heavy atom. The number of carbonyl (C=O) groups is 3. The van der Waals surface area contributed by atoms with E-state index in [1.54, 1.807) is 21.1 Å². The van der Waals surface area contributed by atoms with E-state index in [0.717, 1.165) is 25.7 Å². The number of ketones is 2. The standard InChI is InChI=1S/C19H35NO5/c1-6-8-10-12-15(21)18(20(3,4)5)19(25,14-17(23)24)16(22)13-11-9-7-2/h18,25H,6-14H2,1-5H3/p+1. The van der Waals surface area contributed by atoms with E-state index in [9.17, 15) is 24.6 Å². The molecule has 0 spiro atoms. The predicted molar refractivity (Wildman–Crippen MR) is 97.3 cm³/mol. The molecule has 0 amide bonds. The maximum atomic E-state index is 12.8. The fourth-order valence-corrected chi connectivity index (χ4v) is 3.36. The second-order valence-corrected chi connectivity index (χ2v) is 7.82. The molecule has 0 saturated carbocycles. The van der Waals surface area contributed by atoms with Crippen LogP contribution in [-0.2, 0) is 14.4 Å². The van der Waals surface area contributed by atoms with Crippen molar-refractivity contribution in [1.82, 2.24) is 0 Å². The minimum Gasteiger partial charge on any atom is -0.481 e. The second-order valence-electron chi connectivity index (χ2n) is 7.82. The van der Waals surface area contributed by atoms with E-state index < -0.39 is 29.8 Å². The molecule has 0 aromatic heterocycles. The summed E-state index contributed by atoms with van der Waals surface area (Å²) in [6, 6.07) is -1.07. The van der Waals surface area contributed by atoms with Crippen LogP contribution >= 0.6 is 0 Å². The van der Waals surface area contributed by atoms with Crippen molar-refractivity contribution in [3.05, 3.63) is 0 Å². The Morgan fingerprint density at radius 3 is 1.80 bits per heavy atom. The molecule has 0 aliphatic heterocycles. The second kappa shape index (κ2) is 10.7. The van der Waals surface area contributed by atoms with Crippen molar-refractivity contribution in [1.29, 1.82) is 0 Å². The molecule has 2 N–H and O–H groups in total. The third kappa shape index (κ3) is 7.65. The Kier molecular flexibility index (Phi) is 10.1. The predicted octanol–water partition coefficient (Wildman–Crippen LogP) is 2.57. The van der Waals surface area contributed by atoms with Gasteiger partial charge in [0.15, 0.2) is 23.2 Å². The lowest BCUT2D eigenvalue weighted by Gasteiger charge is -2.42. The van der Waals surface area contributed by atoms with Crippen LogP contribution in [0.2, 0.25) is 0 Å². The normalized spacial score (nSPS) is 15.4. The van der Waals surface area contributed by atoms with Crippen LogP contribution in [0, 0.1) is 0 Å². The van der Waals surface area contributed by atoms with Crippen LogP contribution in [0.25, 0.3) is 0 Å². The summed E-state index contributed by atoms with van der Waals surface area (Å²) in [7, 11) is 5.15. The number of quaternary nitrogens is 1. The molecule has 0 heterocycles. The molecule has 0 saturated heterocycles. The summed E-state index contributed by atoms with van der Waals surface area (Å²) >= 11 is 0. The van der Waals surface area contributed by atoms with Crippen molar-refractivity contribution >= 4 is 17.5 Å². The summed E-state index contributed by atoms with van der Waals surface area (Å²) in [4.78, 5) is 36.9. The van der Waals surface area contributed by atoms with Gasteiger partial charge in [-0.2, -0.15) is 0 Å². The van der Waals surface area contributed by atoms with E-state index in [1.165, 1.54) is 0 Å². The van der Waals surface area contributed by atoms with E-state index in [2.05, 4.69) is 0 Å². The van der Waals surface area contributed by atoms with Gasteiger partial charge in [-0.3, -0.25) is 14.4 Å². The van der Waals surface area contributed by atoms with Gasteiger partial charge in [-0.15, -0.1) is 0 Å². The largest absolute Gasteiger partial charge is 0.481 e. The van der Waals surface area contributed by atoms with Gasteiger partial charge in [0.1, 0.15) is 0 Å². The summed E-state index contributed by atoms with van der Waals surface area (Å²) in [5, 5.41) is 20.4. The first-order valence-corrected chi connectivity index (χ1v) is 9.32. The monoisotopic (exact) mass is 358 g/mol. The van der Waals surface area contributed by atoms with Crippen LogP contribution in [0.15, 0.2) is 0 Å². The van der Waals surface area contributed by atoms with Crippen molar-refractivity contribution in [3.63, 3.8) is 0 Å². The average molecular weight is 358 g/mol. The van der Waals surface area contributed by atoms with Crippen molar-refractivity contribution in [2.24, 2.45) is 0 Å². The topological polar surface area (TPSA) is 91.7 Å². The maximum absolute atomic E-state index is 12.8. The Labute approximate surface area is 151 Å². The van der Waals surface area contributed by atoms with E-state index in [4.69, 9.17) is 0 Å². The average Bonchev–Trinajstić information content (AvgIpc) is 2.45. The fourth-order valence-electron chi connectivity index (χ4n) is 3.36. The molecule has 6 heteroatoms. The van der Waals surface area contributed by atoms with E-state index in [0.29, 0.717) is 12.8 Å². The molecule has 0 rings (SSSR count). The zero-order chi connectivity index (χ0) is 19.7. The van der Waals surface area contributed by atoms with Gasteiger partial charge in [0, 0.05) is 12.8 Å². The van der Waals surface area contributed by atoms with Crippen molar-refractivity contribution in [3.8, 4) is 0 Å². The zero-order valence-corrected chi connectivity index (χ0v) is 16.5. The molecule has 0 aromatic rings. The first-order chi connectivity index (χ1) is 11.5. The third-order valence-corrected chi connectivity index (χ3v) is 4.47. The number of carboxylic acid groups (broad SMARTS) is 1. The summed E-state index contributed by atoms with van der Waals surface area (Å²) in [5.41, 5.74) is -2.17. The molecule has 25 heavy (non-hydrogen) atoms. The number of nitrogens with zero attached hydrogens (tertiary/aromatic N) is 1. The molecule has 0 radical (unpaired) electrons. The van der Waals surface area contributed by atoms with E-state index in [1.807, 2.05) is 13.8 Å². The smallest absolute Gasteiger partial charge is 0.307 e. The summed E-state index contributed by atoms with van der Waals surface area (Å²) < 4.78 is 0.0221. The lowest BCUT2D eigenvalue weighted by molar-refractivity contribution is -0.892. The van der Waals surface area contributed by atoms with Crippen LogP contribution in [0.3, 0.4) is 0 Å². The number of hydrogen-bond acceptors (Lipinski definition) is 4. The number of rotatable bonds is 14. The summed E-state index contributed by atoms with van der Waals surface area (Å²) in [5.74, 6) is -2.05. The minimum atomic E-state index is -2.17. The van der Waals surface area contributed by atoms with Gasteiger partial charge in [-0.25, -0.2) is 0 Å². The Bertz CT molecular complexity index is 455. The molecule has 0 aliphatic carbocycles. The van der Waals surface area contributed by atoms with E-state index >= 15 is 0 Å². The van der Waals surface area contributed by atoms with Crippen LogP contribution < -0.4 is 0 Å². The molecule has 2 atom stereocenters. The number of aliphatic hydroxyl groups is 1. The molecule has 6 nitrogen and oxygen atoms in total. The van der Waals surface area contributed by atoms with Crippen molar-refractivity contribution < 1.29 is 29.1 Å². The quantitative estimate of drug-likeness (QED) is 0.368. The van der Waals surface area contributed by atoms with Crippen molar-refractivity contribution in [2.75, 3.05) is 21.1 Å². The van der Waals surface area contributed by atoms with Gasteiger partial charge < -0.3 is 14.7 Å². The summed E-state index contributed by atoms with van der Waals surface area (Å²) in [6.45, 7) is 4.03. The minimum absolute atomic E-state index is 0.0221. The number of carbonyl (C=O) groups excluding carboxylic acids is 2. The molecule has 146 valence electrons. The highest BCUT2D eigenvalue weighted by Gasteiger charge is 2.54. The lowest BCUT2D eigenvalue weighted by atomic mass is 9.79. The van der Waals surface area contributed by atoms with Gasteiger partial charge in [0.2, 0.25) is 0 Å². The zero-order valence-electron chi connectivity index (χ0n) is 16.5. The van der Waals surface area contributed by atoms with Gasteiger partial charge in [-0.05, 0) is 12.8 Å².